The number of carbonyl (C=O) groups excluding carboxylic acids is 2. The van der Waals surface area contributed by atoms with Crippen molar-refractivity contribution in [3.8, 4) is 0 Å². The zero-order chi connectivity index (χ0) is 18.4. The van der Waals surface area contributed by atoms with Gasteiger partial charge in [0.1, 0.15) is 10.6 Å². The first-order valence-corrected chi connectivity index (χ1v) is 9.20. The molecule has 0 saturated carbocycles. The maximum absolute atomic E-state index is 13.0. The zero-order valence-electron chi connectivity index (χ0n) is 15.0. The molecule has 25 heavy (non-hydrogen) atoms. The number of nitrogens with one attached hydrogen (secondary N) is 1. The van der Waals surface area contributed by atoms with Crippen LogP contribution in [0.4, 0.5) is 5.69 Å². The van der Waals surface area contributed by atoms with Gasteiger partial charge in [-0.25, -0.2) is 4.98 Å². The molecule has 0 aliphatic rings. The van der Waals surface area contributed by atoms with E-state index in [9.17, 15) is 9.59 Å². The van der Waals surface area contributed by atoms with Crippen LogP contribution in [0.5, 0.6) is 0 Å². The van der Waals surface area contributed by atoms with Gasteiger partial charge >= 0.3 is 0 Å². The van der Waals surface area contributed by atoms with Crippen LogP contribution in [0.1, 0.15) is 47.9 Å². The number of nitrogens with zero attached hydrogens (tertiary/aromatic N) is 3. The Balaban J connectivity index is 2.18. The molecule has 2 aromatic heterocycles. The van der Waals surface area contributed by atoms with Gasteiger partial charge in [0.25, 0.3) is 11.8 Å². The molecule has 2 heterocycles. The number of aromatic nitrogens is 2. The lowest BCUT2D eigenvalue weighted by atomic mass is 10.1. The number of anilines is 1. The molecule has 0 atom stereocenters. The molecule has 2 aromatic rings. The smallest absolute Gasteiger partial charge is 0.275 e. The summed E-state index contributed by atoms with van der Waals surface area (Å²) in [5.74, 6) is 0.326. The fourth-order valence-electron chi connectivity index (χ4n) is 2.44. The Labute approximate surface area is 152 Å². The summed E-state index contributed by atoms with van der Waals surface area (Å²) in [6, 6.07) is 1.75. The lowest BCUT2D eigenvalue weighted by molar-refractivity contribution is 0.0721. The molecule has 1 N–H and O–H groups in total. The second-order valence-corrected chi connectivity index (χ2v) is 7.62. The van der Waals surface area contributed by atoms with E-state index in [0.29, 0.717) is 35.5 Å². The summed E-state index contributed by atoms with van der Waals surface area (Å²) in [5, 5.41) is 4.58. The molecule has 6 nitrogen and oxygen atoms in total. The van der Waals surface area contributed by atoms with E-state index in [-0.39, 0.29) is 17.5 Å². The van der Waals surface area contributed by atoms with Crippen molar-refractivity contribution in [3.63, 3.8) is 0 Å². The molecule has 2 amide bonds. The molecule has 0 spiro atoms. The van der Waals surface area contributed by atoms with E-state index in [1.165, 1.54) is 29.9 Å². The number of hydrogen-bond donors (Lipinski definition) is 1. The van der Waals surface area contributed by atoms with Crippen molar-refractivity contribution in [1.82, 2.24) is 14.9 Å². The van der Waals surface area contributed by atoms with Gasteiger partial charge in [-0.2, -0.15) is 0 Å². The van der Waals surface area contributed by atoms with E-state index >= 15 is 0 Å². The van der Waals surface area contributed by atoms with Crippen LogP contribution in [-0.2, 0) is 0 Å². The van der Waals surface area contributed by atoms with E-state index in [1.807, 2.05) is 10.3 Å². The van der Waals surface area contributed by atoms with Crippen molar-refractivity contribution in [1.29, 1.82) is 0 Å². The second-order valence-electron chi connectivity index (χ2n) is 6.71. The van der Waals surface area contributed by atoms with E-state index in [4.69, 9.17) is 0 Å². The van der Waals surface area contributed by atoms with Crippen molar-refractivity contribution >= 4 is 28.8 Å². The average Bonchev–Trinajstić information content (AvgIpc) is 3.01. The second kappa shape index (κ2) is 8.71. The van der Waals surface area contributed by atoms with Gasteiger partial charge in [0.05, 0.1) is 11.9 Å². The lowest BCUT2D eigenvalue weighted by Gasteiger charge is -2.26. The Bertz CT molecular complexity index is 703. The molecule has 7 heteroatoms. The van der Waals surface area contributed by atoms with Gasteiger partial charge in [-0.3, -0.25) is 14.6 Å². The van der Waals surface area contributed by atoms with Crippen molar-refractivity contribution < 1.29 is 9.59 Å². The van der Waals surface area contributed by atoms with Crippen molar-refractivity contribution in [2.45, 2.75) is 27.7 Å². The van der Waals surface area contributed by atoms with Crippen LogP contribution in [0.3, 0.4) is 0 Å². The third-order valence-electron chi connectivity index (χ3n) is 3.36. The van der Waals surface area contributed by atoms with Crippen LogP contribution in [0.15, 0.2) is 30.0 Å². The third-order valence-corrected chi connectivity index (χ3v) is 4.26. The predicted octanol–water partition coefficient (Wildman–Crippen LogP) is 3.54. The first-order valence-electron chi connectivity index (χ1n) is 8.32. The topological polar surface area (TPSA) is 75.2 Å². The van der Waals surface area contributed by atoms with Gasteiger partial charge in [-0.15, -0.1) is 11.3 Å². The van der Waals surface area contributed by atoms with Crippen molar-refractivity contribution in [3.05, 3.63) is 40.6 Å². The number of carbonyl (C=O) groups is 2. The summed E-state index contributed by atoms with van der Waals surface area (Å²) < 4.78 is 0. The molecule has 0 saturated heterocycles. The quantitative estimate of drug-likeness (QED) is 0.819. The molecule has 0 aliphatic heterocycles. The Kier molecular flexibility index (Phi) is 6.64. The molecular weight excluding hydrogens is 336 g/mol. The Morgan fingerprint density at radius 1 is 1.16 bits per heavy atom. The van der Waals surface area contributed by atoms with Crippen LogP contribution in [-0.4, -0.2) is 39.8 Å². The maximum Gasteiger partial charge on any atom is 0.275 e. The Morgan fingerprint density at radius 3 is 2.40 bits per heavy atom. The van der Waals surface area contributed by atoms with Crippen molar-refractivity contribution in [2.75, 3.05) is 18.4 Å². The first kappa shape index (κ1) is 19.1. The standard InChI is InChI=1S/C18H24N4O2S/c1-12(2)10-22(11-13(3)4)18(24)16-14(5-8-25-16)21-17(23)15-9-19-6-7-20-15/h5-9,12-13H,10-11H2,1-4H3,(H,21,23). The summed E-state index contributed by atoms with van der Waals surface area (Å²) in [6.45, 7) is 9.73. The molecule has 2 rings (SSSR count). The fraction of sp³-hybridized carbons (Fsp3) is 0.444. The fourth-order valence-corrected chi connectivity index (χ4v) is 3.26. The summed E-state index contributed by atoms with van der Waals surface area (Å²) in [5.41, 5.74) is 0.733. The average molecular weight is 360 g/mol. The molecule has 0 radical (unpaired) electrons. The molecule has 0 unspecified atom stereocenters. The van der Waals surface area contributed by atoms with E-state index < -0.39 is 0 Å². The number of thiophene rings is 1. The Morgan fingerprint density at radius 2 is 1.84 bits per heavy atom. The molecular formula is C18H24N4O2S. The van der Waals surface area contributed by atoms with Gasteiger partial charge in [0, 0.05) is 25.5 Å². The monoisotopic (exact) mass is 360 g/mol. The minimum absolute atomic E-state index is 0.0492. The van der Waals surface area contributed by atoms with Crippen LogP contribution in [0.2, 0.25) is 0 Å². The van der Waals surface area contributed by atoms with Gasteiger partial charge < -0.3 is 10.2 Å². The van der Waals surface area contributed by atoms with Crippen molar-refractivity contribution in [2.24, 2.45) is 11.8 Å². The van der Waals surface area contributed by atoms with E-state index in [0.717, 1.165) is 0 Å². The number of rotatable bonds is 7. The van der Waals surface area contributed by atoms with Gasteiger partial charge in [0.15, 0.2) is 0 Å². The van der Waals surface area contributed by atoms with Crippen LogP contribution < -0.4 is 5.32 Å². The maximum atomic E-state index is 13.0. The molecule has 0 bridgehead atoms. The van der Waals surface area contributed by atoms with Crippen LogP contribution >= 0.6 is 11.3 Å². The van der Waals surface area contributed by atoms with E-state index in [1.54, 1.807) is 6.07 Å². The molecule has 0 fully saturated rings. The van der Waals surface area contributed by atoms with Crippen LogP contribution in [0.25, 0.3) is 0 Å². The Hall–Kier alpha value is -2.28. The van der Waals surface area contributed by atoms with E-state index in [2.05, 4.69) is 43.0 Å². The van der Waals surface area contributed by atoms with Gasteiger partial charge in [-0.05, 0) is 23.3 Å². The largest absolute Gasteiger partial charge is 0.337 e. The first-order chi connectivity index (χ1) is 11.9. The molecule has 134 valence electrons. The molecule has 0 aromatic carbocycles. The van der Waals surface area contributed by atoms with Gasteiger partial charge in [0.2, 0.25) is 0 Å². The molecule has 0 aliphatic carbocycles. The normalized spacial score (nSPS) is 11.0. The summed E-state index contributed by atoms with van der Waals surface area (Å²) in [4.78, 5) is 35.5. The zero-order valence-corrected chi connectivity index (χ0v) is 15.8. The summed E-state index contributed by atoms with van der Waals surface area (Å²) in [7, 11) is 0. The highest BCUT2D eigenvalue weighted by atomic mass is 32.1. The van der Waals surface area contributed by atoms with Crippen LogP contribution in [0, 0.1) is 11.8 Å². The minimum Gasteiger partial charge on any atom is -0.337 e. The summed E-state index contributed by atoms with van der Waals surface area (Å²) in [6.07, 6.45) is 4.36. The lowest BCUT2D eigenvalue weighted by Crippen LogP contribution is -2.37. The highest BCUT2D eigenvalue weighted by Gasteiger charge is 2.23. The SMILES string of the molecule is CC(C)CN(CC(C)C)C(=O)c1sccc1NC(=O)c1cnccn1. The summed E-state index contributed by atoms with van der Waals surface area (Å²) >= 11 is 1.34. The minimum atomic E-state index is -0.375. The van der Waals surface area contributed by atoms with Gasteiger partial charge in [-0.1, -0.05) is 27.7 Å². The highest BCUT2D eigenvalue weighted by molar-refractivity contribution is 7.12. The number of hydrogen-bond acceptors (Lipinski definition) is 5. The number of amides is 2. The third kappa shape index (κ3) is 5.35. The highest BCUT2D eigenvalue weighted by Crippen LogP contribution is 2.25. The predicted molar refractivity (Wildman–Crippen MR) is 99.9 cm³/mol.